The van der Waals surface area contributed by atoms with Gasteiger partial charge in [0.2, 0.25) is 0 Å². The molecule has 0 aromatic carbocycles. The van der Waals surface area contributed by atoms with E-state index in [1.807, 2.05) is 0 Å². The molecule has 12 heavy (non-hydrogen) atoms. The predicted octanol–water partition coefficient (Wildman–Crippen LogP) is 0.112. The van der Waals surface area contributed by atoms with Gasteiger partial charge in [0, 0.05) is 20.2 Å². The van der Waals surface area contributed by atoms with Gasteiger partial charge >= 0.3 is 6.18 Å². The van der Waals surface area contributed by atoms with Gasteiger partial charge in [0.1, 0.15) is 0 Å². The van der Waals surface area contributed by atoms with Crippen molar-refractivity contribution in [3.63, 3.8) is 0 Å². The van der Waals surface area contributed by atoms with Gasteiger partial charge in [-0.2, -0.15) is 13.2 Å². The van der Waals surface area contributed by atoms with Crippen molar-refractivity contribution in [2.45, 2.75) is 12.3 Å². The van der Waals surface area contributed by atoms with Crippen molar-refractivity contribution in [2.24, 2.45) is 5.73 Å². The molecule has 0 radical (unpaired) electrons. The fraction of sp³-hybridized carbons (Fsp3) is 1.00. The fourth-order valence-corrected chi connectivity index (χ4v) is 0.638. The van der Waals surface area contributed by atoms with Gasteiger partial charge in [0.15, 0.2) is 0 Å². The highest BCUT2D eigenvalue weighted by Crippen LogP contribution is 2.11. The number of hydrogen-bond acceptors (Lipinski definition) is 3. The van der Waals surface area contributed by atoms with Crippen LogP contribution in [0.2, 0.25) is 0 Å². The highest BCUT2D eigenvalue weighted by molar-refractivity contribution is 4.63. The lowest BCUT2D eigenvalue weighted by atomic mass is 10.3. The van der Waals surface area contributed by atoms with Gasteiger partial charge in [-0.3, -0.25) is 0 Å². The third-order valence-corrected chi connectivity index (χ3v) is 1.29. The Morgan fingerprint density at radius 2 is 2.08 bits per heavy atom. The number of ether oxygens (including phenoxy) is 1. The summed E-state index contributed by atoms with van der Waals surface area (Å²) in [6, 6.07) is 0. The molecule has 0 aliphatic carbocycles. The molecule has 0 rings (SSSR count). The molecule has 0 aromatic rings. The van der Waals surface area contributed by atoms with Crippen LogP contribution in [0.5, 0.6) is 0 Å². The van der Waals surface area contributed by atoms with E-state index in [4.69, 9.17) is 10.5 Å². The van der Waals surface area contributed by atoms with Gasteiger partial charge in [0.05, 0.1) is 12.6 Å². The molecule has 0 saturated carbocycles. The lowest BCUT2D eigenvalue weighted by molar-refractivity contribution is -0.125. The van der Waals surface area contributed by atoms with Crippen LogP contribution in [0.4, 0.5) is 13.2 Å². The number of methoxy groups -OCH3 is 1. The number of hydrogen-bond donors (Lipinski definition) is 2. The van der Waals surface area contributed by atoms with Crippen LogP contribution < -0.4 is 11.1 Å². The smallest absolute Gasteiger partial charge is 0.379 e. The number of alkyl halides is 3. The monoisotopic (exact) mass is 186 g/mol. The average Bonchev–Trinajstić information content (AvgIpc) is 1.96. The molecule has 0 bridgehead atoms. The summed E-state index contributed by atoms with van der Waals surface area (Å²) in [4.78, 5) is 0. The molecule has 0 saturated heterocycles. The maximum atomic E-state index is 11.6. The number of rotatable bonds is 5. The Bertz CT molecular complexity index is 114. The number of halogens is 3. The first-order valence-corrected chi connectivity index (χ1v) is 3.50. The van der Waals surface area contributed by atoms with E-state index in [9.17, 15) is 13.2 Å². The molecule has 0 fully saturated rings. The van der Waals surface area contributed by atoms with E-state index < -0.39 is 12.7 Å². The van der Waals surface area contributed by atoms with Crippen LogP contribution in [-0.2, 0) is 4.74 Å². The van der Waals surface area contributed by atoms with Gasteiger partial charge in [0.25, 0.3) is 0 Å². The van der Waals surface area contributed by atoms with Crippen LogP contribution in [0.25, 0.3) is 0 Å². The standard InChI is InChI=1S/C6H13F3N2O/c1-12-5(2-10)3-11-4-6(7,8)9/h5,11H,2-4,10H2,1H3. The van der Waals surface area contributed by atoms with Crippen molar-refractivity contribution in [3.8, 4) is 0 Å². The molecule has 6 heteroatoms. The van der Waals surface area contributed by atoms with E-state index in [2.05, 4.69) is 5.32 Å². The Morgan fingerprint density at radius 1 is 1.50 bits per heavy atom. The van der Waals surface area contributed by atoms with Crippen molar-refractivity contribution in [3.05, 3.63) is 0 Å². The molecule has 74 valence electrons. The molecule has 3 N–H and O–H groups in total. The van der Waals surface area contributed by atoms with Crippen molar-refractivity contribution in [1.29, 1.82) is 0 Å². The summed E-state index contributed by atoms with van der Waals surface area (Å²) >= 11 is 0. The second kappa shape index (κ2) is 5.34. The van der Waals surface area contributed by atoms with E-state index >= 15 is 0 Å². The Morgan fingerprint density at radius 3 is 2.42 bits per heavy atom. The van der Waals surface area contributed by atoms with E-state index in [1.165, 1.54) is 7.11 Å². The van der Waals surface area contributed by atoms with Crippen LogP contribution in [0.15, 0.2) is 0 Å². The molecule has 0 aromatic heterocycles. The third-order valence-electron chi connectivity index (χ3n) is 1.29. The maximum absolute atomic E-state index is 11.6. The molecular weight excluding hydrogens is 173 g/mol. The van der Waals surface area contributed by atoms with E-state index in [0.29, 0.717) is 0 Å². The van der Waals surface area contributed by atoms with Gasteiger partial charge in [-0.25, -0.2) is 0 Å². The van der Waals surface area contributed by atoms with E-state index in [0.717, 1.165) is 0 Å². The van der Waals surface area contributed by atoms with Crippen LogP contribution >= 0.6 is 0 Å². The van der Waals surface area contributed by atoms with E-state index in [-0.39, 0.29) is 19.2 Å². The zero-order chi connectivity index (χ0) is 9.61. The fourth-order valence-electron chi connectivity index (χ4n) is 0.638. The summed E-state index contributed by atoms with van der Waals surface area (Å²) < 4.78 is 39.5. The van der Waals surface area contributed by atoms with Gasteiger partial charge in [-0.1, -0.05) is 0 Å². The molecule has 1 atom stereocenters. The van der Waals surface area contributed by atoms with Crippen molar-refractivity contribution >= 4 is 0 Å². The minimum absolute atomic E-state index is 0.118. The first kappa shape index (κ1) is 11.7. The minimum atomic E-state index is -4.17. The SMILES string of the molecule is COC(CN)CNCC(F)(F)F. The largest absolute Gasteiger partial charge is 0.401 e. The predicted molar refractivity (Wildman–Crippen MR) is 38.8 cm³/mol. The summed E-state index contributed by atoms with van der Waals surface area (Å²) in [5.41, 5.74) is 5.19. The van der Waals surface area contributed by atoms with Crippen molar-refractivity contribution in [2.75, 3.05) is 26.7 Å². The van der Waals surface area contributed by atoms with Crippen LogP contribution in [-0.4, -0.2) is 39.0 Å². The Balaban J connectivity index is 3.41. The van der Waals surface area contributed by atoms with Gasteiger partial charge in [-0.05, 0) is 0 Å². The van der Waals surface area contributed by atoms with Crippen molar-refractivity contribution < 1.29 is 17.9 Å². The molecule has 0 amide bonds. The highest BCUT2D eigenvalue weighted by atomic mass is 19.4. The van der Waals surface area contributed by atoms with Crippen LogP contribution in [0.1, 0.15) is 0 Å². The summed E-state index contributed by atoms with van der Waals surface area (Å²) in [5.74, 6) is 0. The molecule has 1 unspecified atom stereocenters. The summed E-state index contributed by atoms with van der Waals surface area (Å²) in [7, 11) is 1.41. The second-order valence-corrected chi connectivity index (χ2v) is 2.34. The Labute approximate surface area is 69.1 Å². The Kier molecular flexibility index (Phi) is 5.19. The topological polar surface area (TPSA) is 47.3 Å². The van der Waals surface area contributed by atoms with Crippen molar-refractivity contribution in [1.82, 2.24) is 5.32 Å². The summed E-state index contributed by atoms with van der Waals surface area (Å²) in [6.45, 7) is -0.680. The first-order chi connectivity index (χ1) is 5.49. The zero-order valence-electron chi connectivity index (χ0n) is 6.82. The normalized spacial score (nSPS) is 14.8. The highest BCUT2D eigenvalue weighted by Gasteiger charge is 2.26. The zero-order valence-corrected chi connectivity index (χ0v) is 6.82. The summed E-state index contributed by atoms with van der Waals surface area (Å²) in [6.07, 6.45) is -4.53. The molecule has 0 spiro atoms. The van der Waals surface area contributed by atoms with Crippen LogP contribution in [0, 0.1) is 0 Å². The molecule has 0 aliphatic heterocycles. The third kappa shape index (κ3) is 6.38. The molecular formula is C6H13F3N2O. The molecule has 3 nitrogen and oxygen atoms in total. The lowest BCUT2D eigenvalue weighted by Gasteiger charge is -2.14. The Hall–Kier alpha value is -0.330. The number of nitrogens with two attached hydrogens (primary N) is 1. The first-order valence-electron chi connectivity index (χ1n) is 3.50. The molecule has 0 aliphatic rings. The van der Waals surface area contributed by atoms with Crippen LogP contribution in [0.3, 0.4) is 0 Å². The van der Waals surface area contributed by atoms with E-state index in [1.54, 1.807) is 0 Å². The van der Waals surface area contributed by atoms with Gasteiger partial charge in [-0.15, -0.1) is 0 Å². The average molecular weight is 186 g/mol. The maximum Gasteiger partial charge on any atom is 0.401 e. The number of nitrogens with one attached hydrogen (secondary N) is 1. The second-order valence-electron chi connectivity index (χ2n) is 2.34. The minimum Gasteiger partial charge on any atom is -0.379 e. The quantitative estimate of drug-likeness (QED) is 0.640. The summed E-state index contributed by atoms with van der Waals surface area (Å²) in [5, 5.41) is 2.20. The lowest BCUT2D eigenvalue weighted by Crippen LogP contribution is -2.38. The van der Waals surface area contributed by atoms with Gasteiger partial charge < -0.3 is 15.8 Å². The molecule has 0 heterocycles.